The Morgan fingerprint density at radius 2 is 1.58 bits per heavy atom. The number of benzene rings is 3. The van der Waals surface area contributed by atoms with Crippen LogP contribution in [0.2, 0.25) is 0 Å². The molecule has 36 heavy (non-hydrogen) atoms. The van der Waals surface area contributed by atoms with E-state index in [9.17, 15) is 19.2 Å². The number of carbonyl (C=O) groups excluding carboxylic acids is 4. The van der Waals surface area contributed by atoms with Gasteiger partial charge in [0.25, 0.3) is 17.7 Å². The van der Waals surface area contributed by atoms with Gasteiger partial charge in [-0.1, -0.05) is 48.5 Å². The van der Waals surface area contributed by atoms with Crippen LogP contribution in [0.15, 0.2) is 78.9 Å². The van der Waals surface area contributed by atoms with Crippen LogP contribution in [0.1, 0.15) is 39.2 Å². The molecule has 3 amide bonds. The lowest BCUT2D eigenvalue weighted by Crippen LogP contribution is -2.32. The molecular formula is C27H27N3O6. The summed E-state index contributed by atoms with van der Waals surface area (Å²) in [5.41, 5.74) is 1.81. The second kappa shape index (κ2) is 12.7. The third-order valence-electron chi connectivity index (χ3n) is 5.18. The number of para-hydroxylation sites is 1. The van der Waals surface area contributed by atoms with Gasteiger partial charge in [0, 0.05) is 5.56 Å². The summed E-state index contributed by atoms with van der Waals surface area (Å²) in [6, 6.07) is 22.2. The molecule has 3 aromatic carbocycles. The van der Waals surface area contributed by atoms with Crippen molar-refractivity contribution in [3.63, 3.8) is 0 Å². The van der Waals surface area contributed by atoms with Gasteiger partial charge in [-0.25, -0.2) is 0 Å². The molecule has 0 radical (unpaired) electrons. The zero-order valence-electron chi connectivity index (χ0n) is 19.9. The van der Waals surface area contributed by atoms with E-state index in [2.05, 4.69) is 16.0 Å². The minimum atomic E-state index is -0.788. The lowest BCUT2D eigenvalue weighted by Gasteiger charge is -2.16. The Labute approximate surface area is 208 Å². The zero-order valence-corrected chi connectivity index (χ0v) is 19.9. The van der Waals surface area contributed by atoms with Gasteiger partial charge in [0.15, 0.2) is 6.61 Å². The number of carbonyl (C=O) groups is 4. The molecule has 0 aliphatic rings. The molecular weight excluding hydrogens is 462 g/mol. The van der Waals surface area contributed by atoms with Crippen LogP contribution in [0.5, 0.6) is 5.75 Å². The normalized spacial score (nSPS) is 11.1. The molecule has 3 aromatic rings. The summed E-state index contributed by atoms with van der Waals surface area (Å²) in [7, 11) is 1.48. The monoisotopic (exact) mass is 489 g/mol. The van der Waals surface area contributed by atoms with E-state index >= 15 is 0 Å². The van der Waals surface area contributed by atoms with Crippen LogP contribution in [-0.2, 0) is 14.3 Å². The molecule has 3 rings (SSSR count). The minimum absolute atomic E-state index is 0.240. The highest BCUT2D eigenvalue weighted by Gasteiger charge is 2.17. The Morgan fingerprint density at radius 3 is 2.33 bits per heavy atom. The number of anilines is 1. The maximum absolute atomic E-state index is 12.8. The van der Waals surface area contributed by atoms with E-state index < -0.39 is 30.9 Å². The number of hydrogen-bond donors (Lipinski definition) is 3. The van der Waals surface area contributed by atoms with Crippen LogP contribution in [0.3, 0.4) is 0 Å². The van der Waals surface area contributed by atoms with Gasteiger partial charge in [-0.3, -0.25) is 19.2 Å². The molecule has 0 saturated heterocycles. The highest BCUT2D eigenvalue weighted by Crippen LogP contribution is 2.18. The fourth-order valence-corrected chi connectivity index (χ4v) is 3.29. The highest BCUT2D eigenvalue weighted by atomic mass is 16.5. The maximum Gasteiger partial charge on any atom is 0.325 e. The van der Waals surface area contributed by atoms with Gasteiger partial charge in [-0.15, -0.1) is 0 Å². The Balaban J connectivity index is 1.49. The Bertz CT molecular complexity index is 1230. The first-order valence-corrected chi connectivity index (χ1v) is 11.2. The molecule has 0 fully saturated rings. The number of esters is 1. The molecule has 9 heteroatoms. The Kier molecular flexibility index (Phi) is 9.16. The van der Waals surface area contributed by atoms with Gasteiger partial charge in [-0.05, 0) is 42.8 Å². The van der Waals surface area contributed by atoms with E-state index in [1.165, 1.54) is 13.2 Å². The number of methoxy groups -OCH3 is 1. The van der Waals surface area contributed by atoms with Crippen LogP contribution < -0.4 is 20.7 Å². The molecule has 3 N–H and O–H groups in total. The predicted octanol–water partition coefficient (Wildman–Crippen LogP) is 3.10. The molecule has 1 unspecified atom stereocenters. The van der Waals surface area contributed by atoms with Gasteiger partial charge < -0.3 is 25.4 Å². The van der Waals surface area contributed by atoms with Gasteiger partial charge >= 0.3 is 5.97 Å². The molecule has 9 nitrogen and oxygen atoms in total. The van der Waals surface area contributed by atoms with Crippen molar-refractivity contribution in [2.24, 2.45) is 0 Å². The van der Waals surface area contributed by atoms with Crippen LogP contribution in [0.4, 0.5) is 5.69 Å². The summed E-state index contributed by atoms with van der Waals surface area (Å²) in [5.74, 6) is -1.76. The van der Waals surface area contributed by atoms with Crippen molar-refractivity contribution >= 4 is 29.4 Å². The average Bonchev–Trinajstić information content (AvgIpc) is 2.91. The maximum atomic E-state index is 12.8. The minimum Gasteiger partial charge on any atom is -0.497 e. The molecule has 1 atom stereocenters. The molecule has 186 valence electrons. The predicted molar refractivity (Wildman–Crippen MR) is 134 cm³/mol. The largest absolute Gasteiger partial charge is 0.497 e. The van der Waals surface area contributed by atoms with Crippen LogP contribution >= 0.6 is 0 Å². The van der Waals surface area contributed by atoms with Crippen molar-refractivity contribution in [2.45, 2.75) is 13.0 Å². The van der Waals surface area contributed by atoms with E-state index in [0.717, 1.165) is 5.56 Å². The SMILES string of the molecule is COc1cccc(C(=O)NCC(=O)OCC(=O)Nc2ccccc2C(=O)NC(C)c2ccccc2)c1. The molecule has 0 aliphatic heterocycles. The standard InChI is InChI=1S/C27H27N3O6/c1-18(19-9-4-3-5-10-19)29-27(34)22-13-6-7-14-23(22)30-24(31)17-36-25(32)16-28-26(33)20-11-8-12-21(15-20)35-2/h3-15,18H,16-17H2,1-2H3,(H,28,33)(H,29,34)(H,30,31). The fourth-order valence-electron chi connectivity index (χ4n) is 3.29. The summed E-state index contributed by atoms with van der Waals surface area (Å²) in [6.07, 6.45) is 0. The number of nitrogens with one attached hydrogen (secondary N) is 3. The quantitative estimate of drug-likeness (QED) is 0.376. The first kappa shape index (κ1) is 26.0. The Morgan fingerprint density at radius 1 is 0.861 bits per heavy atom. The summed E-state index contributed by atoms with van der Waals surface area (Å²) >= 11 is 0. The molecule has 0 saturated carbocycles. The molecule has 0 aromatic heterocycles. The molecule has 0 heterocycles. The van der Waals surface area contributed by atoms with E-state index in [0.29, 0.717) is 11.3 Å². The van der Waals surface area contributed by atoms with E-state index in [1.807, 2.05) is 37.3 Å². The van der Waals surface area contributed by atoms with Crippen LogP contribution in [0.25, 0.3) is 0 Å². The van der Waals surface area contributed by atoms with Crippen LogP contribution in [0, 0.1) is 0 Å². The van der Waals surface area contributed by atoms with Gasteiger partial charge in [-0.2, -0.15) is 0 Å². The van der Waals surface area contributed by atoms with Crippen molar-refractivity contribution in [1.82, 2.24) is 10.6 Å². The number of ether oxygens (including phenoxy) is 2. The second-order valence-corrected chi connectivity index (χ2v) is 7.77. The van der Waals surface area contributed by atoms with E-state index in [-0.39, 0.29) is 23.2 Å². The van der Waals surface area contributed by atoms with Gasteiger partial charge in [0.1, 0.15) is 12.3 Å². The highest BCUT2D eigenvalue weighted by molar-refractivity contribution is 6.04. The third-order valence-corrected chi connectivity index (χ3v) is 5.18. The smallest absolute Gasteiger partial charge is 0.325 e. The average molecular weight is 490 g/mol. The molecule has 0 spiro atoms. The lowest BCUT2D eigenvalue weighted by atomic mass is 10.1. The first-order valence-electron chi connectivity index (χ1n) is 11.2. The first-order chi connectivity index (χ1) is 17.4. The summed E-state index contributed by atoms with van der Waals surface area (Å²) in [4.78, 5) is 49.3. The summed E-state index contributed by atoms with van der Waals surface area (Å²) in [5, 5.41) is 7.91. The fraction of sp³-hybridized carbons (Fsp3) is 0.185. The van der Waals surface area contributed by atoms with Crippen LogP contribution in [-0.4, -0.2) is 44.0 Å². The summed E-state index contributed by atoms with van der Waals surface area (Å²) < 4.78 is 10.0. The number of rotatable bonds is 10. The van der Waals surface area contributed by atoms with Gasteiger partial charge in [0.05, 0.1) is 24.4 Å². The topological polar surface area (TPSA) is 123 Å². The third kappa shape index (κ3) is 7.42. The zero-order chi connectivity index (χ0) is 25.9. The Hall–Kier alpha value is -4.66. The van der Waals surface area contributed by atoms with Crippen molar-refractivity contribution in [1.29, 1.82) is 0 Å². The van der Waals surface area contributed by atoms with Crippen molar-refractivity contribution in [3.8, 4) is 5.75 Å². The van der Waals surface area contributed by atoms with Crippen molar-refractivity contribution < 1.29 is 28.7 Å². The van der Waals surface area contributed by atoms with Crippen molar-refractivity contribution in [2.75, 3.05) is 25.6 Å². The number of hydrogen-bond acceptors (Lipinski definition) is 6. The number of amides is 3. The summed E-state index contributed by atoms with van der Waals surface area (Å²) in [6.45, 7) is 0.866. The van der Waals surface area contributed by atoms with Gasteiger partial charge in [0.2, 0.25) is 0 Å². The molecule has 0 bridgehead atoms. The van der Waals surface area contributed by atoms with Crippen molar-refractivity contribution in [3.05, 3.63) is 95.6 Å². The van der Waals surface area contributed by atoms with E-state index in [1.54, 1.807) is 42.5 Å². The second-order valence-electron chi connectivity index (χ2n) is 7.77. The van der Waals surface area contributed by atoms with E-state index in [4.69, 9.17) is 9.47 Å². The molecule has 0 aliphatic carbocycles. The lowest BCUT2D eigenvalue weighted by molar-refractivity contribution is -0.146.